The molecule has 2 saturated heterocycles. The van der Waals surface area contributed by atoms with E-state index in [1.54, 1.807) is 0 Å². The Morgan fingerprint density at radius 2 is 1.88 bits per heavy atom. The number of unbranched alkanes of at least 4 members (excludes halogenated alkanes) is 1. The molecule has 0 aliphatic carbocycles. The Morgan fingerprint density at radius 3 is 2.58 bits per heavy atom. The van der Waals surface area contributed by atoms with Gasteiger partial charge in [0, 0.05) is 6.42 Å². The summed E-state index contributed by atoms with van der Waals surface area (Å²) in [6, 6.07) is 8.03. The molecule has 1 unspecified atom stereocenters. The minimum Gasteiger partial charge on any atom is -0.347 e. The zero-order valence-corrected chi connectivity index (χ0v) is 13.8. The van der Waals surface area contributed by atoms with E-state index in [-0.39, 0.29) is 29.9 Å². The number of carbonyl (C=O) groups excluding carboxylic acids is 3. The third-order valence-corrected chi connectivity index (χ3v) is 4.76. The SMILES string of the molecule is CCCCC1NC(=O)N([C@@H]2CCC(=O)N[C@H]2c2ccccc2)C1=O. The maximum atomic E-state index is 12.7. The van der Waals surface area contributed by atoms with E-state index in [0.717, 1.165) is 18.4 Å². The summed E-state index contributed by atoms with van der Waals surface area (Å²) in [6.45, 7) is 2.06. The van der Waals surface area contributed by atoms with Gasteiger partial charge < -0.3 is 10.6 Å². The minimum atomic E-state index is -0.438. The van der Waals surface area contributed by atoms with E-state index in [1.165, 1.54) is 4.90 Å². The molecule has 4 amide bonds. The van der Waals surface area contributed by atoms with Crippen LogP contribution in [0.5, 0.6) is 0 Å². The smallest absolute Gasteiger partial charge is 0.325 e. The zero-order valence-electron chi connectivity index (χ0n) is 13.8. The van der Waals surface area contributed by atoms with Crippen LogP contribution in [-0.2, 0) is 9.59 Å². The maximum Gasteiger partial charge on any atom is 0.325 e. The van der Waals surface area contributed by atoms with Gasteiger partial charge in [-0.15, -0.1) is 0 Å². The number of amides is 4. The van der Waals surface area contributed by atoms with E-state index in [9.17, 15) is 14.4 Å². The topological polar surface area (TPSA) is 78.5 Å². The molecule has 0 bridgehead atoms. The molecule has 2 aliphatic rings. The van der Waals surface area contributed by atoms with Gasteiger partial charge in [-0.2, -0.15) is 0 Å². The molecule has 2 heterocycles. The Morgan fingerprint density at radius 1 is 1.12 bits per heavy atom. The second-order valence-corrected chi connectivity index (χ2v) is 6.41. The summed E-state index contributed by atoms with van der Waals surface area (Å²) in [5.74, 6) is -0.217. The van der Waals surface area contributed by atoms with Crippen molar-refractivity contribution in [3.05, 3.63) is 35.9 Å². The molecule has 128 valence electrons. The van der Waals surface area contributed by atoms with Gasteiger partial charge in [0.15, 0.2) is 0 Å². The highest BCUT2D eigenvalue weighted by Crippen LogP contribution is 2.31. The molecule has 1 aromatic carbocycles. The molecule has 0 saturated carbocycles. The lowest BCUT2D eigenvalue weighted by Gasteiger charge is -2.36. The Balaban J connectivity index is 1.84. The molecule has 6 heteroatoms. The Labute approximate surface area is 141 Å². The van der Waals surface area contributed by atoms with Crippen molar-refractivity contribution in [1.29, 1.82) is 0 Å². The number of hydrogen-bond donors (Lipinski definition) is 2. The predicted octanol–water partition coefficient (Wildman–Crippen LogP) is 2.12. The number of nitrogens with one attached hydrogen (secondary N) is 2. The Bertz CT molecular complexity index is 632. The van der Waals surface area contributed by atoms with E-state index in [4.69, 9.17) is 0 Å². The maximum absolute atomic E-state index is 12.7. The highest BCUT2D eigenvalue weighted by Gasteiger charge is 2.46. The summed E-state index contributed by atoms with van der Waals surface area (Å²) in [6.07, 6.45) is 3.35. The van der Waals surface area contributed by atoms with Crippen molar-refractivity contribution in [2.75, 3.05) is 0 Å². The van der Waals surface area contributed by atoms with Gasteiger partial charge in [-0.05, 0) is 18.4 Å². The van der Waals surface area contributed by atoms with Crippen LogP contribution in [-0.4, -0.2) is 34.8 Å². The molecular formula is C18H23N3O3. The first kappa shape index (κ1) is 16.5. The van der Waals surface area contributed by atoms with Gasteiger partial charge in [-0.1, -0.05) is 50.1 Å². The second-order valence-electron chi connectivity index (χ2n) is 6.41. The van der Waals surface area contributed by atoms with E-state index in [1.807, 2.05) is 30.3 Å². The zero-order chi connectivity index (χ0) is 17.1. The minimum absolute atomic E-state index is 0.0466. The predicted molar refractivity (Wildman–Crippen MR) is 89.0 cm³/mol. The first-order chi connectivity index (χ1) is 11.6. The summed E-state index contributed by atoms with van der Waals surface area (Å²) in [7, 11) is 0. The molecule has 3 rings (SSSR count). The van der Waals surface area contributed by atoms with Gasteiger partial charge in [-0.3, -0.25) is 14.5 Å². The third kappa shape index (κ3) is 3.13. The molecule has 1 aromatic rings. The molecule has 6 nitrogen and oxygen atoms in total. The fourth-order valence-corrected chi connectivity index (χ4v) is 3.50. The lowest BCUT2D eigenvalue weighted by molar-refractivity contribution is -0.133. The molecule has 0 aromatic heterocycles. The van der Waals surface area contributed by atoms with Gasteiger partial charge >= 0.3 is 6.03 Å². The number of nitrogens with zero attached hydrogens (tertiary/aromatic N) is 1. The van der Waals surface area contributed by atoms with Gasteiger partial charge in [0.1, 0.15) is 6.04 Å². The third-order valence-electron chi connectivity index (χ3n) is 4.76. The Kier molecular flexibility index (Phi) is 4.83. The van der Waals surface area contributed by atoms with Crippen molar-refractivity contribution < 1.29 is 14.4 Å². The van der Waals surface area contributed by atoms with Crippen LogP contribution in [0.25, 0.3) is 0 Å². The van der Waals surface area contributed by atoms with Crippen LogP contribution in [0.4, 0.5) is 4.79 Å². The van der Waals surface area contributed by atoms with Crippen molar-refractivity contribution >= 4 is 17.8 Å². The standard InChI is InChI=1S/C18H23N3O3/c1-2-3-9-13-17(23)21(18(24)19-13)14-10-11-15(22)20-16(14)12-7-5-4-6-8-12/h4-8,13-14,16H,2-3,9-11H2,1H3,(H,19,24)(H,20,22)/t13?,14-,16+/m1/s1. The monoisotopic (exact) mass is 329 g/mol. The molecule has 0 radical (unpaired) electrons. The van der Waals surface area contributed by atoms with Crippen LogP contribution < -0.4 is 10.6 Å². The summed E-state index contributed by atoms with van der Waals surface area (Å²) < 4.78 is 0. The van der Waals surface area contributed by atoms with Crippen LogP contribution in [0, 0.1) is 0 Å². The van der Waals surface area contributed by atoms with E-state index in [2.05, 4.69) is 17.6 Å². The average Bonchev–Trinajstić information content (AvgIpc) is 2.88. The quantitative estimate of drug-likeness (QED) is 0.812. The normalized spacial score (nSPS) is 27.1. The van der Waals surface area contributed by atoms with Gasteiger partial charge in [-0.25, -0.2) is 4.79 Å². The number of rotatable bonds is 5. The number of imide groups is 1. The molecule has 0 spiro atoms. The Hall–Kier alpha value is -2.37. The van der Waals surface area contributed by atoms with Crippen molar-refractivity contribution in [3.8, 4) is 0 Å². The number of urea groups is 1. The fraction of sp³-hybridized carbons (Fsp3) is 0.500. The van der Waals surface area contributed by atoms with Gasteiger partial charge in [0.25, 0.3) is 5.91 Å². The highest BCUT2D eigenvalue weighted by atomic mass is 16.2. The lowest BCUT2D eigenvalue weighted by Crippen LogP contribution is -2.52. The molecule has 2 N–H and O–H groups in total. The highest BCUT2D eigenvalue weighted by molar-refractivity contribution is 6.04. The van der Waals surface area contributed by atoms with Crippen LogP contribution >= 0.6 is 0 Å². The van der Waals surface area contributed by atoms with Crippen LogP contribution in [0.2, 0.25) is 0 Å². The van der Waals surface area contributed by atoms with Crippen molar-refractivity contribution in [3.63, 3.8) is 0 Å². The van der Waals surface area contributed by atoms with E-state index in [0.29, 0.717) is 19.3 Å². The first-order valence-electron chi connectivity index (χ1n) is 8.59. The van der Waals surface area contributed by atoms with E-state index < -0.39 is 6.04 Å². The van der Waals surface area contributed by atoms with Crippen molar-refractivity contribution in [2.24, 2.45) is 0 Å². The molecule has 24 heavy (non-hydrogen) atoms. The van der Waals surface area contributed by atoms with Gasteiger partial charge in [0.05, 0.1) is 12.1 Å². The number of benzene rings is 1. The van der Waals surface area contributed by atoms with Crippen LogP contribution in [0.3, 0.4) is 0 Å². The number of hydrogen-bond acceptors (Lipinski definition) is 3. The lowest BCUT2D eigenvalue weighted by atomic mass is 9.90. The summed E-state index contributed by atoms with van der Waals surface area (Å²) in [5, 5.41) is 5.74. The molecule has 2 aliphatic heterocycles. The van der Waals surface area contributed by atoms with Crippen LogP contribution in [0.1, 0.15) is 50.6 Å². The summed E-state index contributed by atoms with van der Waals surface area (Å²) in [5.41, 5.74) is 0.910. The molecular weight excluding hydrogens is 306 g/mol. The first-order valence-corrected chi connectivity index (χ1v) is 8.59. The summed E-state index contributed by atoms with van der Waals surface area (Å²) in [4.78, 5) is 38.3. The fourth-order valence-electron chi connectivity index (χ4n) is 3.50. The average molecular weight is 329 g/mol. The van der Waals surface area contributed by atoms with Crippen LogP contribution in [0.15, 0.2) is 30.3 Å². The largest absolute Gasteiger partial charge is 0.347 e. The summed E-state index contributed by atoms with van der Waals surface area (Å²) >= 11 is 0. The van der Waals surface area contributed by atoms with Crippen molar-refractivity contribution in [2.45, 2.75) is 57.2 Å². The molecule has 3 atom stereocenters. The number of piperidine rings is 1. The van der Waals surface area contributed by atoms with Crippen molar-refractivity contribution in [1.82, 2.24) is 15.5 Å². The number of carbonyl (C=O) groups is 3. The van der Waals surface area contributed by atoms with Gasteiger partial charge in [0.2, 0.25) is 5.91 Å². The second kappa shape index (κ2) is 7.03. The van der Waals surface area contributed by atoms with E-state index >= 15 is 0 Å². The molecule has 2 fully saturated rings.